The monoisotopic (exact) mass is 386 g/mol. The first-order chi connectivity index (χ1) is 12.3. The van der Waals surface area contributed by atoms with Crippen molar-refractivity contribution in [2.24, 2.45) is 5.92 Å². The summed E-state index contributed by atoms with van der Waals surface area (Å²) in [4.78, 5) is 8.13. The van der Waals surface area contributed by atoms with Crippen molar-refractivity contribution < 1.29 is 13.2 Å². The van der Waals surface area contributed by atoms with Gasteiger partial charge >= 0.3 is 6.18 Å². The molecule has 3 rings (SSSR count). The Morgan fingerprint density at radius 3 is 2.42 bits per heavy atom. The third-order valence-electron chi connectivity index (χ3n) is 5.39. The topological polar surface area (TPSA) is 31.4 Å². The lowest BCUT2D eigenvalue weighted by atomic mass is 9.86. The van der Waals surface area contributed by atoms with Gasteiger partial charge in [-0.05, 0) is 43.1 Å². The van der Waals surface area contributed by atoms with E-state index in [1.165, 1.54) is 25.3 Å². The number of alkyl halides is 3. The number of aromatic nitrogens is 1. The molecule has 1 aromatic rings. The maximum absolute atomic E-state index is 12.6. The van der Waals surface area contributed by atoms with Crippen molar-refractivity contribution >= 4 is 23.1 Å². The van der Waals surface area contributed by atoms with Gasteiger partial charge in [-0.1, -0.05) is 19.8 Å². The predicted octanol–water partition coefficient (Wildman–Crippen LogP) is 3.68. The van der Waals surface area contributed by atoms with Crippen LogP contribution in [0, 0.1) is 5.92 Å². The van der Waals surface area contributed by atoms with Crippen molar-refractivity contribution in [3.05, 3.63) is 23.9 Å². The number of nitrogens with zero attached hydrogens (tertiary/aromatic N) is 3. The molecule has 2 atom stereocenters. The molecule has 0 spiro atoms. The van der Waals surface area contributed by atoms with E-state index in [-0.39, 0.29) is 0 Å². The molecule has 8 heteroatoms. The SMILES string of the molecule is C[C@H]1CCCC[C@@H]1NC(=S)N1CCN(c2ccc(C(F)(F)F)cn2)CC1. The van der Waals surface area contributed by atoms with E-state index in [0.717, 1.165) is 36.9 Å². The van der Waals surface area contributed by atoms with Gasteiger partial charge in [0.25, 0.3) is 0 Å². The first-order valence-corrected chi connectivity index (χ1v) is 9.59. The highest BCUT2D eigenvalue weighted by Gasteiger charge is 2.31. The second-order valence-corrected chi connectivity index (χ2v) is 7.58. The summed E-state index contributed by atoms with van der Waals surface area (Å²) in [6, 6.07) is 2.98. The van der Waals surface area contributed by atoms with Crippen molar-refractivity contribution in [1.82, 2.24) is 15.2 Å². The normalized spacial score (nSPS) is 24.5. The Kier molecular flexibility index (Phi) is 5.89. The number of anilines is 1. The van der Waals surface area contributed by atoms with Crippen LogP contribution in [-0.4, -0.2) is 47.2 Å². The number of rotatable bonds is 2. The Morgan fingerprint density at radius 1 is 1.15 bits per heavy atom. The minimum Gasteiger partial charge on any atom is -0.360 e. The van der Waals surface area contributed by atoms with Gasteiger partial charge in [-0.3, -0.25) is 0 Å². The first-order valence-electron chi connectivity index (χ1n) is 9.18. The molecule has 1 N–H and O–H groups in total. The summed E-state index contributed by atoms with van der Waals surface area (Å²) in [6.07, 6.45) is 1.50. The van der Waals surface area contributed by atoms with Gasteiger partial charge in [0.05, 0.1) is 5.56 Å². The zero-order valence-corrected chi connectivity index (χ0v) is 15.7. The smallest absolute Gasteiger partial charge is 0.360 e. The molecule has 1 aliphatic carbocycles. The van der Waals surface area contributed by atoms with E-state index in [2.05, 4.69) is 22.1 Å². The molecule has 1 aliphatic heterocycles. The van der Waals surface area contributed by atoms with Crippen LogP contribution in [0.5, 0.6) is 0 Å². The van der Waals surface area contributed by atoms with Crippen LogP contribution in [-0.2, 0) is 6.18 Å². The zero-order chi connectivity index (χ0) is 18.7. The molecule has 0 unspecified atom stereocenters. The molecule has 0 bridgehead atoms. The molecule has 1 saturated carbocycles. The number of piperazine rings is 1. The fraction of sp³-hybridized carbons (Fsp3) is 0.667. The lowest BCUT2D eigenvalue weighted by molar-refractivity contribution is -0.137. The van der Waals surface area contributed by atoms with Gasteiger partial charge in [0.1, 0.15) is 5.82 Å². The average molecular weight is 386 g/mol. The van der Waals surface area contributed by atoms with E-state index in [1.54, 1.807) is 0 Å². The Hall–Kier alpha value is -1.57. The first kappa shape index (κ1) is 19.2. The minimum absolute atomic E-state index is 0.450. The highest BCUT2D eigenvalue weighted by atomic mass is 32.1. The van der Waals surface area contributed by atoms with Crippen LogP contribution in [0.2, 0.25) is 0 Å². The highest BCUT2D eigenvalue weighted by Crippen LogP contribution is 2.29. The van der Waals surface area contributed by atoms with E-state index in [1.807, 2.05) is 4.90 Å². The van der Waals surface area contributed by atoms with Crippen molar-refractivity contribution in [2.75, 3.05) is 31.1 Å². The average Bonchev–Trinajstić information content (AvgIpc) is 2.63. The molecular formula is C18H25F3N4S. The minimum atomic E-state index is -4.35. The summed E-state index contributed by atoms with van der Waals surface area (Å²) in [7, 11) is 0. The van der Waals surface area contributed by atoms with Gasteiger partial charge in [0, 0.05) is 38.4 Å². The molecule has 4 nitrogen and oxygen atoms in total. The summed E-state index contributed by atoms with van der Waals surface area (Å²) in [5, 5.41) is 4.31. The van der Waals surface area contributed by atoms with E-state index in [9.17, 15) is 13.2 Å². The number of nitrogens with one attached hydrogen (secondary N) is 1. The summed E-state index contributed by atoms with van der Waals surface area (Å²) in [6.45, 7) is 5.15. The molecule has 1 saturated heterocycles. The molecule has 2 aliphatic rings. The van der Waals surface area contributed by atoms with Gasteiger partial charge in [-0.25, -0.2) is 4.98 Å². The molecule has 26 heavy (non-hydrogen) atoms. The largest absolute Gasteiger partial charge is 0.417 e. The summed E-state index contributed by atoms with van der Waals surface area (Å²) >= 11 is 5.58. The lowest BCUT2D eigenvalue weighted by Gasteiger charge is -2.39. The molecule has 2 heterocycles. The van der Waals surface area contributed by atoms with Crippen LogP contribution in [0.25, 0.3) is 0 Å². The van der Waals surface area contributed by atoms with Gasteiger partial charge in [0.2, 0.25) is 0 Å². The molecule has 0 amide bonds. The molecule has 0 radical (unpaired) electrons. The van der Waals surface area contributed by atoms with E-state index in [4.69, 9.17) is 12.2 Å². The summed E-state index contributed by atoms with van der Waals surface area (Å²) in [5.41, 5.74) is -0.716. The van der Waals surface area contributed by atoms with Crippen LogP contribution in [0.3, 0.4) is 0 Å². The summed E-state index contributed by atoms with van der Waals surface area (Å²) in [5.74, 6) is 1.22. The lowest BCUT2D eigenvalue weighted by Crippen LogP contribution is -2.54. The quantitative estimate of drug-likeness (QED) is 0.784. The maximum atomic E-state index is 12.6. The van der Waals surface area contributed by atoms with Gasteiger partial charge < -0.3 is 15.1 Å². The van der Waals surface area contributed by atoms with Crippen LogP contribution >= 0.6 is 12.2 Å². The zero-order valence-electron chi connectivity index (χ0n) is 14.9. The van der Waals surface area contributed by atoms with Crippen LogP contribution < -0.4 is 10.2 Å². The fourth-order valence-electron chi connectivity index (χ4n) is 3.66. The van der Waals surface area contributed by atoms with Crippen molar-refractivity contribution in [3.63, 3.8) is 0 Å². The van der Waals surface area contributed by atoms with Crippen LogP contribution in [0.1, 0.15) is 38.2 Å². The van der Waals surface area contributed by atoms with Crippen molar-refractivity contribution in [3.8, 4) is 0 Å². The van der Waals surface area contributed by atoms with E-state index in [0.29, 0.717) is 30.9 Å². The third kappa shape index (κ3) is 4.58. The van der Waals surface area contributed by atoms with Crippen LogP contribution in [0.4, 0.5) is 19.0 Å². The standard InChI is InChI=1S/C18H25F3N4S/c1-13-4-2-3-5-15(13)23-17(26)25-10-8-24(9-11-25)16-7-6-14(12-22-16)18(19,20)21/h6-7,12-13,15H,2-5,8-11H2,1H3,(H,23,26)/t13-,15-/m0/s1. The predicted molar refractivity (Wildman–Crippen MR) is 100 cm³/mol. The van der Waals surface area contributed by atoms with Crippen LogP contribution in [0.15, 0.2) is 18.3 Å². The second-order valence-electron chi connectivity index (χ2n) is 7.19. The molecular weight excluding hydrogens is 361 g/mol. The molecule has 1 aromatic heterocycles. The van der Waals surface area contributed by atoms with Gasteiger partial charge in [0.15, 0.2) is 5.11 Å². The fourth-order valence-corrected chi connectivity index (χ4v) is 3.99. The number of hydrogen-bond acceptors (Lipinski definition) is 3. The Morgan fingerprint density at radius 2 is 1.85 bits per heavy atom. The molecule has 2 fully saturated rings. The number of hydrogen-bond donors (Lipinski definition) is 1. The summed E-state index contributed by atoms with van der Waals surface area (Å²) < 4.78 is 37.9. The Labute approximate surface area is 157 Å². The number of pyridine rings is 1. The number of halogens is 3. The van der Waals surface area contributed by atoms with E-state index >= 15 is 0 Å². The molecule has 0 aromatic carbocycles. The Bertz CT molecular complexity index is 612. The molecule has 144 valence electrons. The second kappa shape index (κ2) is 7.98. The third-order valence-corrected chi connectivity index (χ3v) is 5.76. The van der Waals surface area contributed by atoms with E-state index < -0.39 is 11.7 Å². The van der Waals surface area contributed by atoms with Crippen molar-refractivity contribution in [2.45, 2.75) is 44.8 Å². The van der Waals surface area contributed by atoms with Gasteiger partial charge in [-0.2, -0.15) is 13.2 Å². The van der Waals surface area contributed by atoms with Gasteiger partial charge in [-0.15, -0.1) is 0 Å². The van der Waals surface area contributed by atoms with Crippen molar-refractivity contribution in [1.29, 1.82) is 0 Å². The highest BCUT2D eigenvalue weighted by molar-refractivity contribution is 7.80. The Balaban J connectivity index is 1.51. The maximum Gasteiger partial charge on any atom is 0.417 e. The number of thiocarbonyl (C=S) groups is 1.